The van der Waals surface area contributed by atoms with Gasteiger partial charge >= 0.3 is 0 Å². The van der Waals surface area contributed by atoms with Crippen LogP contribution in [0.2, 0.25) is 0 Å². The number of hydrogen-bond acceptors (Lipinski definition) is 6. The van der Waals surface area contributed by atoms with Gasteiger partial charge in [0.05, 0.1) is 12.8 Å². The van der Waals surface area contributed by atoms with Gasteiger partial charge in [0, 0.05) is 57.7 Å². The third-order valence-electron chi connectivity index (χ3n) is 5.75. The van der Waals surface area contributed by atoms with Crippen molar-refractivity contribution in [3.63, 3.8) is 0 Å². The molecule has 2 aromatic carbocycles. The number of aromatic hydroxyl groups is 1. The summed E-state index contributed by atoms with van der Waals surface area (Å²) in [5.41, 5.74) is 1.94. The van der Waals surface area contributed by atoms with Gasteiger partial charge in [-0.25, -0.2) is 9.37 Å². The molecular weight excluding hydrogens is 399 g/mol. The van der Waals surface area contributed by atoms with Crippen LogP contribution in [0.3, 0.4) is 0 Å². The molecule has 0 amide bonds. The number of imidazole rings is 1. The lowest BCUT2D eigenvalue weighted by atomic mass is 10.0. The fourth-order valence-electron chi connectivity index (χ4n) is 4.09. The number of methoxy groups -OCH3 is 1. The molecule has 31 heavy (non-hydrogen) atoms. The number of aliphatic hydroxyl groups excluding tert-OH is 1. The molecule has 0 radical (unpaired) electrons. The summed E-state index contributed by atoms with van der Waals surface area (Å²) in [6.45, 7) is 3.41. The highest BCUT2D eigenvalue weighted by atomic mass is 19.1. The van der Waals surface area contributed by atoms with Crippen molar-refractivity contribution in [3.8, 4) is 11.5 Å². The van der Waals surface area contributed by atoms with Gasteiger partial charge in [-0.2, -0.15) is 0 Å². The smallest absolute Gasteiger partial charge is 0.160 e. The summed E-state index contributed by atoms with van der Waals surface area (Å²) < 4.78 is 21.7. The second-order valence-corrected chi connectivity index (χ2v) is 7.75. The van der Waals surface area contributed by atoms with Gasteiger partial charge in [0.25, 0.3) is 0 Å². The van der Waals surface area contributed by atoms with Crippen molar-refractivity contribution in [1.29, 1.82) is 0 Å². The van der Waals surface area contributed by atoms with Gasteiger partial charge in [-0.15, -0.1) is 0 Å². The number of halogens is 1. The molecule has 1 aliphatic rings. The van der Waals surface area contributed by atoms with Crippen LogP contribution in [0, 0.1) is 5.82 Å². The first kappa shape index (κ1) is 21.1. The molecule has 1 aliphatic heterocycles. The van der Waals surface area contributed by atoms with Gasteiger partial charge in [0.15, 0.2) is 11.5 Å². The molecule has 1 aromatic heterocycles. The summed E-state index contributed by atoms with van der Waals surface area (Å²) in [6.07, 6.45) is 2.37. The minimum Gasteiger partial charge on any atom is -0.504 e. The van der Waals surface area contributed by atoms with Crippen LogP contribution in [-0.2, 0) is 13.6 Å². The number of ether oxygens (including phenoxy) is 1. The Hall–Kier alpha value is -3.10. The standard InChI is InChI=1S/C23H27FN4O3/c1-26-9-8-25-23(26)22(30)17-4-3-5-18(24)21(17)28-12-10-27(11-13-28)15-16-6-7-20(31-2)19(29)14-16/h3-9,14,22,29-30H,10-13,15H2,1-2H3. The molecule has 8 heteroatoms. The lowest BCUT2D eigenvalue weighted by molar-refractivity contribution is 0.205. The molecule has 1 unspecified atom stereocenters. The number of anilines is 1. The molecule has 1 fully saturated rings. The largest absolute Gasteiger partial charge is 0.504 e. The molecular formula is C23H27FN4O3. The van der Waals surface area contributed by atoms with Crippen LogP contribution < -0.4 is 9.64 Å². The van der Waals surface area contributed by atoms with E-state index in [0.29, 0.717) is 42.5 Å². The Bertz CT molecular complexity index is 1050. The number of hydrogen-bond donors (Lipinski definition) is 2. The van der Waals surface area contributed by atoms with Crippen molar-refractivity contribution in [3.05, 3.63) is 71.6 Å². The van der Waals surface area contributed by atoms with Crippen LogP contribution in [-0.4, -0.2) is 58.0 Å². The number of aryl methyl sites for hydroxylation is 1. The van der Waals surface area contributed by atoms with E-state index in [4.69, 9.17) is 4.74 Å². The van der Waals surface area contributed by atoms with Crippen LogP contribution in [0.5, 0.6) is 11.5 Å². The van der Waals surface area contributed by atoms with E-state index in [-0.39, 0.29) is 11.6 Å². The van der Waals surface area contributed by atoms with E-state index in [1.165, 1.54) is 13.2 Å². The van der Waals surface area contributed by atoms with Gasteiger partial charge in [-0.1, -0.05) is 18.2 Å². The quantitative estimate of drug-likeness (QED) is 0.631. The summed E-state index contributed by atoms with van der Waals surface area (Å²) >= 11 is 0. The summed E-state index contributed by atoms with van der Waals surface area (Å²) in [5, 5.41) is 20.9. The normalized spacial score (nSPS) is 15.8. The van der Waals surface area contributed by atoms with Gasteiger partial charge in [0.2, 0.25) is 0 Å². The zero-order valence-corrected chi connectivity index (χ0v) is 17.7. The maximum Gasteiger partial charge on any atom is 0.160 e. The van der Waals surface area contributed by atoms with Gasteiger partial charge < -0.3 is 24.4 Å². The highest BCUT2D eigenvalue weighted by Crippen LogP contribution is 2.33. The van der Waals surface area contributed by atoms with Crippen molar-refractivity contribution >= 4 is 5.69 Å². The Morgan fingerprint density at radius 3 is 2.58 bits per heavy atom. The van der Waals surface area contributed by atoms with E-state index >= 15 is 0 Å². The number of phenolic OH excluding ortho intramolecular Hbond substituents is 1. The summed E-state index contributed by atoms with van der Waals surface area (Å²) in [6, 6.07) is 10.2. The molecule has 2 N–H and O–H groups in total. The molecule has 0 spiro atoms. The third-order valence-corrected chi connectivity index (χ3v) is 5.75. The fraction of sp³-hybridized carbons (Fsp3) is 0.348. The van der Waals surface area contributed by atoms with Crippen molar-refractivity contribution in [1.82, 2.24) is 14.5 Å². The molecule has 1 atom stereocenters. The minimum absolute atomic E-state index is 0.123. The van der Waals surface area contributed by atoms with Crippen LogP contribution in [0.1, 0.15) is 23.1 Å². The number of rotatable bonds is 6. The molecule has 164 valence electrons. The third kappa shape index (κ3) is 4.35. The molecule has 0 saturated carbocycles. The second-order valence-electron chi connectivity index (χ2n) is 7.75. The maximum atomic E-state index is 14.9. The topological polar surface area (TPSA) is 74.0 Å². The molecule has 3 aromatic rings. The minimum atomic E-state index is -1.01. The number of piperazine rings is 1. The maximum absolute atomic E-state index is 14.9. The Kier molecular flexibility index (Phi) is 6.11. The average Bonchev–Trinajstić information content (AvgIpc) is 3.20. The monoisotopic (exact) mass is 426 g/mol. The first-order valence-electron chi connectivity index (χ1n) is 10.2. The predicted molar refractivity (Wildman–Crippen MR) is 116 cm³/mol. The highest BCUT2D eigenvalue weighted by Gasteiger charge is 2.26. The molecule has 1 saturated heterocycles. The molecule has 0 bridgehead atoms. The Morgan fingerprint density at radius 1 is 1.16 bits per heavy atom. The molecule has 7 nitrogen and oxygen atoms in total. The van der Waals surface area contributed by atoms with E-state index < -0.39 is 6.10 Å². The number of benzene rings is 2. The number of para-hydroxylation sites is 1. The first-order chi connectivity index (χ1) is 15.0. The zero-order valence-electron chi connectivity index (χ0n) is 17.7. The summed E-state index contributed by atoms with van der Waals surface area (Å²) in [7, 11) is 3.33. The Labute approximate surface area is 180 Å². The van der Waals surface area contributed by atoms with Crippen LogP contribution in [0.15, 0.2) is 48.8 Å². The van der Waals surface area contributed by atoms with Crippen LogP contribution in [0.4, 0.5) is 10.1 Å². The zero-order chi connectivity index (χ0) is 22.0. The fourth-order valence-corrected chi connectivity index (χ4v) is 4.09. The van der Waals surface area contributed by atoms with Gasteiger partial charge in [0.1, 0.15) is 17.7 Å². The van der Waals surface area contributed by atoms with E-state index in [0.717, 1.165) is 18.7 Å². The number of aliphatic hydroxyl groups is 1. The van der Waals surface area contributed by atoms with Crippen molar-refractivity contribution in [2.24, 2.45) is 7.05 Å². The van der Waals surface area contributed by atoms with Crippen LogP contribution >= 0.6 is 0 Å². The lowest BCUT2D eigenvalue weighted by Crippen LogP contribution is -2.46. The molecule has 4 rings (SSSR count). The second kappa shape index (κ2) is 8.95. The molecule has 0 aliphatic carbocycles. The highest BCUT2D eigenvalue weighted by molar-refractivity contribution is 5.57. The van der Waals surface area contributed by atoms with E-state index in [1.807, 2.05) is 11.0 Å². The Balaban J connectivity index is 1.48. The lowest BCUT2D eigenvalue weighted by Gasteiger charge is -2.37. The van der Waals surface area contributed by atoms with Gasteiger partial charge in [-0.05, 0) is 23.8 Å². The Morgan fingerprint density at radius 2 is 1.94 bits per heavy atom. The summed E-state index contributed by atoms with van der Waals surface area (Å²) in [4.78, 5) is 8.46. The first-order valence-corrected chi connectivity index (χ1v) is 10.2. The predicted octanol–water partition coefficient (Wildman–Crippen LogP) is 2.68. The van der Waals surface area contributed by atoms with Crippen molar-refractivity contribution in [2.75, 3.05) is 38.2 Å². The summed E-state index contributed by atoms with van der Waals surface area (Å²) in [5.74, 6) is 0.703. The number of nitrogens with zero attached hydrogens (tertiary/aromatic N) is 4. The van der Waals surface area contributed by atoms with E-state index in [1.54, 1.807) is 48.3 Å². The number of phenols is 1. The SMILES string of the molecule is COc1ccc(CN2CCN(c3c(F)cccc3C(O)c3nccn3C)CC2)cc1O. The van der Waals surface area contributed by atoms with E-state index in [9.17, 15) is 14.6 Å². The number of aromatic nitrogens is 2. The van der Waals surface area contributed by atoms with Crippen molar-refractivity contribution in [2.45, 2.75) is 12.6 Å². The van der Waals surface area contributed by atoms with Crippen LogP contribution in [0.25, 0.3) is 0 Å². The van der Waals surface area contributed by atoms with E-state index in [2.05, 4.69) is 9.88 Å². The average molecular weight is 426 g/mol. The molecule has 2 heterocycles. The van der Waals surface area contributed by atoms with Crippen molar-refractivity contribution < 1.29 is 19.3 Å². The van der Waals surface area contributed by atoms with Gasteiger partial charge in [-0.3, -0.25) is 4.90 Å².